The zero-order valence-corrected chi connectivity index (χ0v) is 9.93. The molecule has 1 saturated heterocycles. The SMILES string of the molecule is NC(=O)C1CN(Cc2cnc(Cl)cn2)CCO1. The minimum atomic E-state index is -0.538. The highest BCUT2D eigenvalue weighted by Gasteiger charge is 2.24. The molecule has 1 aromatic heterocycles. The Balaban J connectivity index is 1.94. The highest BCUT2D eigenvalue weighted by molar-refractivity contribution is 6.29. The molecular formula is C10H13ClN4O2. The van der Waals surface area contributed by atoms with Gasteiger partial charge in [-0.1, -0.05) is 11.6 Å². The molecular weight excluding hydrogens is 244 g/mol. The Hall–Kier alpha value is -1.24. The van der Waals surface area contributed by atoms with Crippen LogP contribution in [0.2, 0.25) is 5.15 Å². The summed E-state index contributed by atoms with van der Waals surface area (Å²) in [5.74, 6) is -0.433. The molecule has 92 valence electrons. The molecule has 0 aliphatic carbocycles. The maximum absolute atomic E-state index is 11.0. The van der Waals surface area contributed by atoms with E-state index in [0.717, 1.165) is 12.2 Å². The Kier molecular flexibility index (Phi) is 3.88. The summed E-state index contributed by atoms with van der Waals surface area (Å²) in [6, 6.07) is 0. The summed E-state index contributed by atoms with van der Waals surface area (Å²) in [4.78, 5) is 21.2. The summed E-state index contributed by atoms with van der Waals surface area (Å²) in [5, 5.41) is 0.366. The normalized spacial score (nSPS) is 21.4. The van der Waals surface area contributed by atoms with Crippen LogP contribution in [-0.2, 0) is 16.1 Å². The van der Waals surface area contributed by atoms with Crippen LogP contribution in [0.4, 0.5) is 0 Å². The summed E-state index contributed by atoms with van der Waals surface area (Å²) in [5.41, 5.74) is 6.01. The first-order valence-electron chi connectivity index (χ1n) is 5.25. The summed E-state index contributed by atoms with van der Waals surface area (Å²) in [6.45, 7) is 2.33. The number of morpholine rings is 1. The van der Waals surface area contributed by atoms with Gasteiger partial charge in [-0.15, -0.1) is 0 Å². The lowest BCUT2D eigenvalue weighted by molar-refractivity contribution is -0.135. The maximum atomic E-state index is 11.0. The van der Waals surface area contributed by atoms with Crippen molar-refractivity contribution in [3.63, 3.8) is 0 Å². The monoisotopic (exact) mass is 256 g/mol. The van der Waals surface area contributed by atoms with Crippen LogP contribution in [0, 0.1) is 0 Å². The first kappa shape index (κ1) is 12.2. The molecule has 0 bridgehead atoms. The Morgan fingerprint density at radius 3 is 3.06 bits per heavy atom. The number of primary amides is 1. The van der Waals surface area contributed by atoms with Gasteiger partial charge in [0.25, 0.3) is 0 Å². The quantitative estimate of drug-likeness (QED) is 0.811. The lowest BCUT2D eigenvalue weighted by Gasteiger charge is -2.30. The number of rotatable bonds is 3. The highest BCUT2D eigenvalue weighted by atomic mass is 35.5. The molecule has 1 aromatic rings. The Morgan fingerprint density at radius 1 is 1.59 bits per heavy atom. The van der Waals surface area contributed by atoms with E-state index in [1.165, 1.54) is 6.20 Å². The van der Waals surface area contributed by atoms with Gasteiger partial charge in [-0.25, -0.2) is 4.98 Å². The number of hydrogen-bond donors (Lipinski definition) is 1. The highest BCUT2D eigenvalue weighted by Crippen LogP contribution is 2.09. The maximum Gasteiger partial charge on any atom is 0.247 e. The third-order valence-corrected chi connectivity index (χ3v) is 2.72. The predicted octanol–water partition coefficient (Wildman–Crippen LogP) is -0.184. The molecule has 1 aliphatic rings. The molecule has 2 heterocycles. The third kappa shape index (κ3) is 3.36. The van der Waals surface area contributed by atoms with Gasteiger partial charge in [0.15, 0.2) is 0 Å². The average molecular weight is 257 g/mol. The fourth-order valence-corrected chi connectivity index (χ4v) is 1.77. The molecule has 1 fully saturated rings. The zero-order valence-electron chi connectivity index (χ0n) is 9.17. The first-order valence-corrected chi connectivity index (χ1v) is 5.62. The topological polar surface area (TPSA) is 81.3 Å². The van der Waals surface area contributed by atoms with Crippen molar-refractivity contribution in [2.75, 3.05) is 19.7 Å². The Morgan fingerprint density at radius 2 is 2.41 bits per heavy atom. The number of nitrogens with zero attached hydrogens (tertiary/aromatic N) is 3. The molecule has 0 aromatic carbocycles. The number of aromatic nitrogens is 2. The van der Waals surface area contributed by atoms with Crippen LogP contribution in [0.3, 0.4) is 0 Å². The predicted molar refractivity (Wildman–Crippen MR) is 61.3 cm³/mol. The van der Waals surface area contributed by atoms with Gasteiger partial charge in [0.2, 0.25) is 5.91 Å². The number of halogens is 1. The third-order valence-electron chi connectivity index (χ3n) is 2.53. The molecule has 0 saturated carbocycles. The summed E-state index contributed by atoms with van der Waals surface area (Å²) in [6.07, 6.45) is 2.59. The van der Waals surface area contributed by atoms with Crippen molar-refractivity contribution in [2.45, 2.75) is 12.6 Å². The van der Waals surface area contributed by atoms with Crippen molar-refractivity contribution in [3.8, 4) is 0 Å². The molecule has 17 heavy (non-hydrogen) atoms. The van der Waals surface area contributed by atoms with Gasteiger partial charge < -0.3 is 10.5 Å². The molecule has 6 nitrogen and oxygen atoms in total. The molecule has 1 aliphatic heterocycles. The molecule has 1 atom stereocenters. The number of carbonyl (C=O) groups excluding carboxylic acids is 1. The second-order valence-corrected chi connectivity index (χ2v) is 4.21. The molecule has 7 heteroatoms. The van der Waals surface area contributed by atoms with Crippen molar-refractivity contribution in [1.82, 2.24) is 14.9 Å². The number of nitrogens with two attached hydrogens (primary N) is 1. The van der Waals surface area contributed by atoms with Crippen LogP contribution in [0.15, 0.2) is 12.4 Å². The van der Waals surface area contributed by atoms with Crippen molar-refractivity contribution in [3.05, 3.63) is 23.2 Å². The van der Waals surface area contributed by atoms with E-state index in [1.54, 1.807) is 6.20 Å². The fourth-order valence-electron chi connectivity index (χ4n) is 1.67. The second kappa shape index (κ2) is 5.39. The lowest BCUT2D eigenvalue weighted by Crippen LogP contribution is -2.48. The van der Waals surface area contributed by atoms with E-state index in [0.29, 0.717) is 24.8 Å². The van der Waals surface area contributed by atoms with Crippen LogP contribution in [-0.4, -0.2) is 46.6 Å². The van der Waals surface area contributed by atoms with E-state index in [-0.39, 0.29) is 0 Å². The minimum absolute atomic E-state index is 0.366. The zero-order chi connectivity index (χ0) is 12.3. The average Bonchev–Trinajstić information content (AvgIpc) is 2.32. The lowest BCUT2D eigenvalue weighted by atomic mass is 10.2. The molecule has 0 radical (unpaired) electrons. The van der Waals surface area contributed by atoms with E-state index < -0.39 is 12.0 Å². The standard InChI is InChI=1S/C10H13ClN4O2/c11-9-4-13-7(3-14-9)5-15-1-2-17-8(6-15)10(12)16/h3-4,8H,1-2,5-6H2,(H2,12,16). The van der Waals surface area contributed by atoms with E-state index in [9.17, 15) is 4.79 Å². The fraction of sp³-hybridized carbons (Fsp3) is 0.500. The van der Waals surface area contributed by atoms with E-state index >= 15 is 0 Å². The van der Waals surface area contributed by atoms with Gasteiger partial charge in [0, 0.05) is 19.6 Å². The molecule has 1 amide bonds. The second-order valence-electron chi connectivity index (χ2n) is 3.83. The Bertz CT molecular complexity index is 398. The smallest absolute Gasteiger partial charge is 0.247 e. The van der Waals surface area contributed by atoms with Crippen LogP contribution in [0.1, 0.15) is 5.69 Å². The minimum Gasteiger partial charge on any atom is -0.367 e. The van der Waals surface area contributed by atoms with E-state index in [1.807, 2.05) is 0 Å². The Labute approximate surface area is 104 Å². The summed E-state index contributed by atoms with van der Waals surface area (Å²) >= 11 is 5.65. The van der Waals surface area contributed by atoms with Crippen molar-refractivity contribution in [2.24, 2.45) is 5.73 Å². The van der Waals surface area contributed by atoms with Gasteiger partial charge in [0.1, 0.15) is 11.3 Å². The number of ether oxygens (including phenoxy) is 1. The summed E-state index contributed by atoms with van der Waals surface area (Å²) in [7, 11) is 0. The molecule has 2 rings (SSSR count). The van der Waals surface area contributed by atoms with Gasteiger partial charge >= 0.3 is 0 Å². The number of hydrogen-bond acceptors (Lipinski definition) is 5. The van der Waals surface area contributed by atoms with Crippen LogP contribution >= 0.6 is 11.6 Å². The van der Waals surface area contributed by atoms with Gasteiger partial charge in [-0.2, -0.15) is 0 Å². The summed E-state index contributed by atoms with van der Waals surface area (Å²) < 4.78 is 5.25. The number of carbonyl (C=O) groups is 1. The van der Waals surface area contributed by atoms with E-state index in [4.69, 9.17) is 22.1 Å². The number of amides is 1. The van der Waals surface area contributed by atoms with Crippen LogP contribution in [0.25, 0.3) is 0 Å². The van der Waals surface area contributed by atoms with Crippen molar-refractivity contribution >= 4 is 17.5 Å². The molecule has 1 unspecified atom stereocenters. The first-order chi connectivity index (χ1) is 8.15. The molecule has 0 spiro atoms. The van der Waals surface area contributed by atoms with Gasteiger partial charge in [-0.05, 0) is 0 Å². The van der Waals surface area contributed by atoms with Crippen LogP contribution < -0.4 is 5.73 Å². The van der Waals surface area contributed by atoms with Crippen molar-refractivity contribution in [1.29, 1.82) is 0 Å². The van der Waals surface area contributed by atoms with Crippen LogP contribution in [0.5, 0.6) is 0 Å². The van der Waals surface area contributed by atoms with E-state index in [2.05, 4.69) is 14.9 Å². The largest absolute Gasteiger partial charge is 0.367 e. The molecule has 2 N–H and O–H groups in total. The van der Waals surface area contributed by atoms with Gasteiger partial charge in [0.05, 0.1) is 24.7 Å². The van der Waals surface area contributed by atoms with Crippen molar-refractivity contribution < 1.29 is 9.53 Å². The van der Waals surface area contributed by atoms with Gasteiger partial charge in [-0.3, -0.25) is 14.7 Å².